The van der Waals surface area contributed by atoms with Gasteiger partial charge in [0.1, 0.15) is 0 Å². The molecule has 1 aromatic carbocycles. The summed E-state index contributed by atoms with van der Waals surface area (Å²) in [5, 5.41) is 0. The molecule has 7 heteroatoms. The Morgan fingerprint density at radius 1 is 1.15 bits per heavy atom. The molecule has 6 nitrogen and oxygen atoms in total. The predicted molar refractivity (Wildman–Crippen MR) is 102 cm³/mol. The number of carbonyl (C=O) groups is 1. The largest absolute Gasteiger partial charge is 0.341 e. The van der Waals surface area contributed by atoms with E-state index in [1.54, 1.807) is 0 Å². The smallest absolute Gasteiger partial charge is 0.282 e. The highest BCUT2D eigenvalue weighted by Crippen LogP contribution is 2.21. The van der Waals surface area contributed by atoms with E-state index in [4.69, 9.17) is 0 Å². The van der Waals surface area contributed by atoms with E-state index >= 15 is 0 Å². The molecule has 0 N–H and O–H groups in total. The maximum absolute atomic E-state index is 13.0. The molecule has 2 aliphatic heterocycles. The minimum atomic E-state index is -3.60. The van der Waals surface area contributed by atoms with Crippen molar-refractivity contribution in [2.24, 2.45) is 5.92 Å². The lowest BCUT2D eigenvalue weighted by atomic mass is 10.0. The molecule has 2 saturated heterocycles. The lowest BCUT2D eigenvalue weighted by Crippen LogP contribution is -2.53. The van der Waals surface area contributed by atoms with E-state index in [1.807, 2.05) is 36.1 Å². The van der Waals surface area contributed by atoms with Crippen LogP contribution in [0.25, 0.3) is 0 Å². The Kier molecular flexibility index (Phi) is 5.99. The molecule has 0 aliphatic carbocycles. The van der Waals surface area contributed by atoms with Crippen LogP contribution in [-0.4, -0.2) is 60.6 Å². The SMILES string of the molecule is Cc1cccc(CN2CCCN(CC(=O)N3CCC[C@@H](C)C3)S2(=O)=O)c1. The Hall–Kier alpha value is -1.44. The highest BCUT2D eigenvalue weighted by Gasteiger charge is 2.36. The molecular formula is C19H29N3O3S. The second-order valence-electron chi connectivity index (χ2n) is 7.60. The van der Waals surface area contributed by atoms with Crippen LogP contribution in [0.2, 0.25) is 0 Å². The van der Waals surface area contributed by atoms with Crippen molar-refractivity contribution in [1.82, 2.24) is 13.5 Å². The van der Waals surface area contributed by atoms with Crippen molar-refractivity contribution in [3.63, 3.8) is 0 Å². The second-order valence-corrected chi connectivity index (χ2v) is 9.53. The third kappa shape index (κ3) is 4.45. The maximum atomic E-state index is 13.0. The van der Waals surface area contributed by atoms with Crippen molar-refractivity contribution in [1.29, 1.82) is 0 Å². The van der Waals surface area contributed by atoms with Gasteiger partial charge in [0.25, 0.3) is 10.2 Å². The molecule has 2 fully saturated rings. The molecule has 0 spiro atoms. The summed E-state index contributed by atoms with van der Waals surface area (Å²) in [5.41, 5.74) is 2.09. The topological polar surface area (TPSA) is 60.9 Å². The van der Waals surface area contributed by atoms with Crippen LogP contribution in [0.15, 0.2) is 24.3 Å². The molecule has 0 unspecified atom stereocenters. The van der Waals surface area contributed by atoms with Crippen LogP contribution in [-0.2, 0) is 21.5 Å². The van der Waals surface area contributed by atoms with Crippen LogP contribution in [0.1, 0.15) is 37.3 Å². The molecule has 3 rings (SSSR count). The van der Waals surface area contributed by atoms with E-state index in [0.29, 0.717) is 25.6 Å². The molecule has 1 atom stereocenters. The van der Waals surface area contributed by atoms with Crippen LogP contribution >= 0.6 is 0 Å². The van der Waals surface area contributed by atoms with Crippen LogP contribution in [0, 0.1) is 12.8 Å². The van der Waals surface area contributed by atoms with Crippen LogP contribution in [0.4, 0.5) is 0 Å². The predicted octanol–water partition coefficient (Wildman–Crippen LogP) is 2.01. The third-order valence-electron chi connectivity index (χ3n) is 5.23. The van der Waals surface area contributed by atoms with Crippen molar-refractivity contribution in [3.05, 3.63) is 35.4 Å². The number of likely N-dealkylation sites (tertiary alicyclic amines) is 1. The first kappa shape index (κ1) is 19.3. The number of nitrogens with zero attached hydrogens (tertiary/aromatic N) is 3. The van der Waals surface area contributed by atoms with E-state index in [1.165, 1.54) is 8.61 Å². The van der Waals surface area contributed by atoms with Crippen molar-refractivity contribution in [3.8, 4) is 0 Å². The summed E-state index contributed by atoms with van der Waals surface area (Å²) in [6.45, 7) is 6.85. The van der Waals surface area contributed by atoms with E-state index in [0.717, 1.165) is 43.5 Å². The summed E-state index contributed by atoms with van der Waals surface area (Å²) < 4.78 is 28.8. The Morgan fingerprint density at radius 3 is 2.65 bits per heavy atom. The van der Waals surface area contributed by atoms with Gasteiger partial charge in [-0.1, -0.05) is 36.8 Å². The first-order chi connectivity index (χ1) is 12.4. The normalized spacial score (nSPS) is 24.5. The second kappa shape index (κ2) is 8.06. The van der Waals surface area contributed by atoms with E-state index in [-0.39, 0.29) is 12.5 Å². The minimum absolute atomic E-state index is 0.0423. The zero-order valence-corrected chi connectivity index (χ0v) is 16.5. The van der Waals surface area contributed by atoms with Crippen LogP contribution < -0.4 is 0 Å². The number of amides is 1. The average Bonchev–Trinajstić information content (AvgIpc) is 2.58. The lowest BCUT2D eigenvalue weighted by molar-refractivity contribution is -0.133. The summed E-state index contributed by atoms with van der Waals surface area (Å²) in [6.07, 6.45) is 2.88. The highest BCUT2D eigenvalue weighted by molar-refractivity contribution is 7.86. The molecule has 1 amide bonds. The standard InChI is InChI=1S/C19H29N3O3S/c1-16-6-3-8-18(12-16)14-21-10-5-11-22(26(21,24)25)15-19(23)20-9-4-7-17(2)13-20/h3,6,8,12,17H,4-5,7,9-11,13-15H2,1-2H3/t17-/m1/s1. The summed E-state index contributed by atoms with van der Waals surface area (Å²) >= 11 is 0. The molecule has 2 heterocycles. The fourth-order valence-electron chi connectivity index (χ4n) is 3.82. The Bertz CT molecular complexity index is 750. The number of piperidine rings is 1. The molecule has 0 radical (unpaired) electrons. The van der Waals surface area contributed by atoms with Gasteiger partial charge in [0.05, 0.1) is 6.54 Å². The zero-order valence-electron chi connectivity index (χ0n) is 15.7. The minimum Gasteiger partial charge on any atom is -0.341 e. The Balaban J connectivity index is 1.67. The number of benzene rings is 1. The summed E-state index contributed by atoms with van der Waals surface area (Å²) in [7, 11) is -3.60. The third-order valence-corrected chi connectivity index (χ3v) is 7.16. The molecule has 144 valence electrons. The molecule has 0 bridgehead atoms. The van der Waals surface area contributed by atoms with Gasteiger partial charge < -0.3 is 4.90 Å². The zero-order chi connectivity index (χ0) is 18.7. The van der Waals surface area contributed by atoms with Crippen LogP contribution in [0.3, 0.4) is 0 Å². The summed E-state index contributed by atoms with van der Waals surface area (Å²) in [5.74, 6) is 0.418. The molecular weight excluding hydrogens is 350 g/mol. The quantitative estimate of drug-likeness (QED) is 0.804. The van der Waals surface area contributed by atoms with Crippen molar-refractivity contribution >= 4 is 16.1 Å². The van der Waals surface area contributed by atoms with E-state index < -0.39 is 10.2 Å². The van der Waals surface area contributed by atoms with E-state index in [9.17, 15) is 13.2 Å². The highest BCUT2D eigenvalue weighted by atomic mass is 32.2. The van der Waals surface area contributed by atoms with Crippen molar-refractivity contribution in [2.45, 2.75) is 39.7 Å². The van der Waals surface area contributed by atoms with Gasteiger partial charge in [0.15, 0.2) is 0 Å². The first-order valence-electron chi connectivity index (χ1n) is 9.45. The van der Waals surface area contributed by atoms with Crippen molar-refractivity contribution in [2.75, 3.05) is 32.7 Å². The Labute approximate surface area is 157 Å². The number of hydrogen-bond acceptors (Lipinski definition) is 3. The van der Waals surface area contributed by atoms with Crippen LogP contribution in [0.5, 0.6) is 0 Å². The average molecular weight is 380 g/mol. The molecule has 26 heavy (non-hydrogen) atoms. The number of rotatable bonds is 4. The summed E-state index contributed by atoms with van der Waals surface area (Å²) in [6, 6.07) is 7.90. The molecule has 1 aromatic rings. The van der Waals surface area contributed by atoms with Crippen molar-refractivity contribution < 1.29 is 13.2 Å². The maximum Gasteiger partial charge on any atom is 0.282 e. The number of hydrogen-bond donors (Lipinski definition) is 0. The fourth-order valence-corrected chi connectivity index (χ4v) is 5.45. The molecule has 2 aliphatic rings. The van der Waals surface area contributed by atoms with Gasteiger partial charge in [-0.15, -0.1) is 0 Å². The van der Waals surface area contributed by atoms with Gasteiger partial charge in [-0.25, -0.2) is 0 Å². The Morgan fingerprint density at radius 2 is 1.92 bits per heavy atom. The van der Waals surface area contributed by atoms with Gasteiger partial charge >= 0.3 is 0 Å². The fraction of sp³-hybridized carbons (Fsp3) is 0.632. The summed E-state index contributed by atoms with van der Waals surface area (Å²) in [4.78, 5) is 14.4. The van der Waals surface area contributed by atoms with Gasteiger partial charge in [-0.05, 0) is 37.7 Å². The van der Waals surface area contributed by atoms with Gasteiger partial charge in [0.2, 0.25) is 5.91 Å². The van der Waals surface area contributed by atoms with Gasteiger partial charge in [0, 0.05) is 32.7 Å². The van der Waals surface area contributed by atoms with Gasteiger partial charge in [-0.2, -0.15) is 17.0 Å². The number of aryl methyl sites for hydroxylation is 1. The molecule has 0 aromatic heterocycles. The first-order valence-corrected chi connectivity index (χ1v) is 10.8. The van der Waals surface area contributed by atoms with E-state index in [2.05, 4.69) is 6.92 Å². The lowest BCUT2D eigenvalue weighted by Gasteiger charge is -2.36. The monoisotopic (exact) mass is 379 g/mol. The number of carbonyl (C=O) groups excluding carboxylic acids is 1. The molecule has 0 saturated carbocycles. The van der Waals surface area contributed by atoms with Gasteiger partial charge in [-0.3, -0.25) is 4.79 Å².